The van der Waals surface area contributed by atoms with E-state index in [0.29, 0.717) is 5.13 Å². The molecule has 3 rings (SSSR count). The fourth-order valence-corrected chi connectivity index (χ4v) is 3.73. The van der Waals surface area contributed by atoms with E-state index in [9.17, 15) is 0 Å². The molecule has 2 saturated carbocycles. The lowest BCUT2D eigenvalue weighted by atomic mass is 9.94. The highest BCUT2D eigenvalue weighted by Crippen LogP contribution is 2.33. The number of rotatable bonds is 5. The second-order valence-electron chi connectivity index (χ2n) is 5.83. The van der Waals surface area contributed by atoms with E-state index in [1.54, 1.807) is 11.3 Å². The number of thiazole rings is 1. The molecule has 2 aliphatic rings. The third kappa shape index (κ3) is 3.23. The summed E-state index contributed by atoms with van der Waals surface area (Å²) in [7, 11) is 0. The molecule has 0 atom stereocenters. The van der Waals surface area contributed by atoms with Crippen LogP contribution in [-0.4, -0.2) is 22.5 Å². The van der Waals surface area contributed by atoms with Gasteiger partial charge in [0.2, 0.25) is 0 Å². The molecule has 1 aromatic rings. The molecule has 0 aromatic carbocycles. The van der Waals surface area contributed by atoms with Crippen molar-refractivity contribution in [1.29, 1.82) is 0 Å². The number of hydrogen-bond donors (Lipinski definition) is 1. The van der Waals surface area contributed by atoms with E-state index in [1.807, 2.05) is 6.20 Å². The SMILES string of the molecule is Nc1ncc(CN(CC2CC2)C2CCCCC2)s1. The molecule has 0 saturated heterocycles. The van der Waals surface area contributed by atoms with Crippen LogP contribution in [-0.2, 0) is 6.54 Å². The number of nitrogens with two attached hydrogens (primary N) is 1. The summed E-state index contributed by atoms with van der Waals surface area (Å²) in [5.74, 6) is 0.970. The van der Waals surface area contributed by atoms with E-state index in [0.717, 1.165) is 18.5 Å². The van der Waals surface area contributed by atoms with Gasteiger partial charge in [0, 0.05) is 30.2 Å². The maximum absolute atomic E-state index is 5.74. The molecular weight excluding hydrogens is 242 g/mol. The predicted molar refractivity (Wildman–Crippen MR) is 76.5 cm³/mol. The van der Waals surface area contributed by atoms with E-state index in [4.69, 9.17) is 5.73 Å². The molecule has 0 bridgehead atoms. The molecule has 3 nitrogen and oxygen atoms in total. The first-order valence-corrected chi connectivity index (χ1v) is 8.07. The maximum Gasteiger partial charge on any atom is 0.180 e. The van der Waals surface area contributed by atoms with Crippen LogP contribution in [0.15, 0.2) is 6.20 Å². The Morgan fingerprint density at radius 3 is 2.61 bits per heavy atom. The van der Waals surface area contributed by atoms with Crippen molar-refractivity contribution >= 4 is 16.5 Å². The largest absolute Gasteiger partial charge is 0.375 e. The molecule has 1 aromatic heterocycles. The van der Waals surface area contributed by atoms with Crippen molar-refractivity contribution in [3.8, 4) is 0 Å². The average Bonchev–Trinajstić information content (AvgIpc) is 3.12. The van der Waals surface area contributed by atoms with E-state index < -0.39 is 0 Å². The Hall–Kier alpha value is -0.610. The van der Waals surface area contributed by atoms with Gasteiger partial charge >= 0.3 is 0 Å². The standard InChI is InChI=1S/C14H23N3S/c15-14-16-8-13(18-14)10-17(9-11-6-7-11)12-4-2-1-3-5-12/h8,11-12H,1-7,9-10H2,(H2,15,16). The van der Waals surface area contributed by atoms with Crippen molar-refractivity contribution in [3.63, 3.8) is 0 Å². The summed E-state index contributed by atoms with van der Waals surface area (Å²) in [5.41, 5.74) is 5.74. The van der Waals surface area contributed by atoms with Crippen LogP contribution in [0.5, 0.6) is 0 Å². The minimum Gasteiger partial charge on any atom is -0.375 e. The second-order valence-corrected chi connectivity index (χ2v) is 6.98. The van der Waals surface area contributed by atoms with Crippen LogP contribution in [0, 0.1) is 5.92 Å². The monoisotopic (exact) mass is 265 g/mol. The highest BCUT2D eigenvalue weighted by Gasteiger charge is 2.29. The molecule has 2 aliphatic carbocycles. The Balaban J connectivity index is 1.63. The van der Waals surface area contributed by atoms with Crippen molar-refractivity contribution in [1.82, 2.24) is 9.88 Å². The van der Waals surface area contributed by atoms with Gasteiger partial charge in [-0.15, -0.1) is 11.3 Å². The molecule has 100 valence electrons. The third-order valence-electron chi connectivity index (χ3n) is 4.21. The van der Waals surface area contributed by atoms with Crippen LogP contribution >= 0.6 is 11.3 Å². The first-order chi connectivity index (χ1) is 8.81. The lowest BCUT2D eigenvalue weighted by Crippen LogP contribution is -2.37. The highest BCUT2D eigenvalue weighted by molar-refractivity contribution is 7.15. The topological polar surface area (TPSA) is 42.1 Å². The number of aromatic nitrogens is 1. The minimum atomic E-state index is 0.708. The fraction of sp³-hybridized carbons (Fsp3) is 0.786. The Labute approximate surface area is 113 Å². The van der Waals surface area contributed by atoms with Crippen molar-refractivity contribution in [2.45, 2.75) is 57.5 Å². The van der Waals surface area contributed by atoms with Crippen molar-refractivity contribution in [2.75, 3.05) is 12.3 Å². The van der Waals surface area contributed by atoms with E-state index in [1.165, 1.54) is 56.4 Å². The Bertz CT molecular complexity index is 380. The normalized spacial score (nSPS) is 21.6. The second kappa shape index (κ2) is 5.57. The molecule has 0 aliphatic heterocycles. The molecule has 0 spiro atoms. The van der Waals surface area contributed by atoms with Crippen LogP contribution in [0.4, 0.5) is 5.13 Å². The maximum atomic E-state index is 5.74. The third-order valence-corrected chi connectivity index (χ3v) is 5.02. The molecule has 2 N–H and O–H groups in total. The lowest BCUT2D eigenvalue weighted by Gasteiger charge is -2.34. The summed E-state index contributed by atoms with van der Waals surface area (Å²) in [6, 6.07) is 0.808. The van der Waals surface area contributed by atoms with Gasteiger partial charge in [-0.3, -0.25) is 4.90 Å². The average molecular weight is 265 g/mol. The summed E-state index contributed by atoms with van der Waals surface area (Å²) in [4.78, 5) is 8.22. The molecule has 0 unspecified atom stereocenters. The number of nitrogens with zero attached hydrogens (tertiary/aromatic N) is 2. The summed E-state index contributed by atoms with van der Waals surface area (Å²) >= 11 is 1.65. The summed E-state index contributed by atoms with van der Waals surface area (Å²) in [5, 5.41) is 0.708. The van der Waals surface area contributed by atoms with Crippen LogP contribution in [0.25, 0.3) is 0 Å². The zero-order valence-electron chi connectivity index (χ0n) is 11.0. The van der Waals surface area contributed by atoms with Gasteiger partial charge in [-0.1, -0.05) is 19.3 Å². The van der Waals surface area contributed by atoms with Gasteiger partial charge in [0.1, 0.15) is 0 Å². The smallest absolute Gasteiger partial charge is 0.180 e. The van der Waals surface area contributed by atoms with Gasteiger partial charge < -0.3 is 5.73 Å². The summed E-state index contributed by atoms with van der Waals surface area (Å²) in [6.45, 7) is 2.36. The van der Waals surface area contributed by atoms with Crippen LogP contribution in [0.1, 0.15) is 49.8 Å². The van der Waals surface area contributed by atoms with Crippen LogP contribution in [0.2, 0.25) is 0 Å². The lowest BCUT2D eigenvalue weighted by molar-refractivity contribution is 0.143. The quantitative estimate of drug-likeness (QED) is 0.888. The van der Waals surface area contributed by atoms with Crippen molar-refractivity contribution < 1.29 is 0 Å². The molecule has 4 heteroatoms. The molecule has 0 radical (unpaired) electrons. The Morgan fingerprint density at radius 1 is 1.22 bits per heavy atom. The zero-order valence-corrected chi connectivity index (χ0v) is 11.8. The van der Waals surface area contributed by atoms with Gasteiger partial charge in [-0.2, -0.15) is 0 Å². The fourth-order valence-electron chi connectivity index (χ4n) is 3.02. The number of nitrogen functional groups attached to an aromatic ring is 1. The number of anilines is 1. The number of hydrogen-bond acceptors (Lipinski definition) is 4. The van der Waals surface area contributed by atoms with E-state index in [2.05, 4.69) is 9.88 Å². The van der Waals surface area contributed by atoms with Crippen molar-refractivity contribution in [2.24, 2.45) is 5.92 Å². The predicted octanol–water partition coefficient (Wildman–Crippen LogP) is 3.27. The summed E-state index contributed by atoms with van der Waals surface area (Å²) < 4.78 is 0. The van der Waals surface area contributed by atoms with Gasteiger partial charge in [0.15, 0.2) is 5.13 Å². The molecule has 0 amide bonds. The Kier molecular flexibility index (Phi) is 3.85. The molecule has 1 heterocycles. The van der Waals surface area contributed by atoms with E-state index in [-0.39, 0.29) is 0 Å². The van der Waals surface area contributed by atoms with Gasteiger partial charge in [-0.25, -0.2) is 4.98 Å². The van der Waals surface area contributed by atoms with Crippen LogP contribution in [0.3, 0.4) is 0 Å². The minimum absolute atomic E-state index is 0.708. The highest BCUT2D eigenvalue weighted by atomic mass is 32.1. The van der Waals surface area contributed by atoms with Crippen LogP contribution < -0.4 is 5.73 Å². The first-order valence-electron chi connectivity index (χ1n) is 7.25. The van der Waals surface area contributed by atoms with E-state index >= 15 is 0 Å². The summed E-state index contributed by atoms with van der Waals surface area (Å²) in [6.07, 6.45) is 11.9. The van der Waals surface area contributed by atoms with Gasteiger partial charge in [-0.05, 0) is 31.6 Å². The molecular formula is C14H23N3S. The van der Waals surface area contributed by atoms with Gasteiger partial charge in [0.05, 0.1) is 0 Å². The molecule has 18 heavy (non-hydrogen) atoms. The molecule has 2 fully saturated rings. The van der Waals surface area contributed by atoms with Crippen molar-refractivity contribution in [3.05, 3.63) is 11.1 Å². The zero-order chi connectivity index (χ0) is 12.4. The first kappa shape index (κ1) is 12.4. The van der Waals surface area contributed by atoms with Gasteiger partial charge in [0.25, 0.3) is 0 Å². The Morgan fingerprint density at radius 2 is 2.00 bits per heavy atom.